The van der Waals surface area contributed by atoms with Gasteiger partial charge in [-0.15, -0.1) is 0 Å². The number of aromatic nitrogens is 2. The maximum Gasteiger partial charge on any atom is 0.337 e. The van der Waals surface area contributed by atoms with Gasteiger partial charge in [-0.25, -0.2) is 39.8 Å². The maximum atomic E-state index is 12.0. The zero-order valence-corrected chi connectivity index (χ0v) is 32.6. The number of rotatable bonds is 13. The first-order valence-electron chi connectivity index (χ1n) is 16.3. The van der Waals surface area contributed by atoms with Crippen molar-refractivity contribution >= 4 is 69.7 Å². The number of carbonyl (C=O) groups excluding carboxylic acids is 2. The van der Waals surface area contributed by atoms with Crippen molar-refractivity contribution in [3.8, 4) is 5.75 Å². The van der Waals surface area contributed by atoms with Crippen LogP contribution in [0.5, 0.6) is 5.75 Å². The number of hydrogen-bond acceptors (Lipinski definition) is 13. The minimum absolute atomic E-state index is 0.189. The third-order valence-electron chi connectivity index (χ3n) is 7.26. The molecule has 0 radical (unpaired) electrons. The Kier molecular flexibility index (Phi) is 13.9. The van der Waals surface area contributed by atoms with Crippen molar-refractivity contribution in [2.45, 2.75) is 28.3 Å². The van der Waals surface area contributed by atoms with Gasteiger partial charge in [0.05, 0.1) is 27.6 Å². The van der Waals surface area contributed by atoms with Crippen LogP contribution in [-0.4, -0.2) is 79.2 Å². The first kappa shape index (κ1) is 41.8. The molecule has 4 aromatic carbocycles. The van der Waals surface area contributed by atoms with Crippen LogP contribution in [0.2, 0.25) is 0 Å². The predicted octanol–water partition coefficient (Wildman–Crippen LogP) is 4.08. The van der Waals surface area contributed by atoms with Crippen LogP contribution in [0.25, 0.3) is 10.9 Å². The topological polar surface area (TPSA) is 244 Å². The third kappa shape index (κ3) is 12.8. The minimum atomic E-state index is -3.80. The summed E-state index contributed by atoms with van der Waals surface area (Å²) in [6, 6.07) is 26.5. The molecule has 55 heavy (non-hydrogen) atoms. The second-order valence-electron chi connectivity index (χ2n) is 11.9. The number of hydrogen-bond donors (Lipinski definition) is 6. The second kappa shape index (κ2) is 18.4. The monoisotopic (exact) mass is 812 g/mol. The molecule has 0 saturated heterocycles. The number of anilines is 3. The fourth-order valence-electron chi connectivity index (χ4n) is 4.64. The Balaban J connectivity index is 0.000000248. The molecule has 1 aromatic heterocycles. The summed E-state index contributed by atoms with van der Waals surface area (Å²) in [4.78, 5) is 31.3. The lowest BCUT2D eigenvalue weighted by Gasteiger charge is -2.15. The van der Waals surface area contributed by atoms with Gasteiger partial charge in [0.15, 0.2) is 25.5 Å². The van der Waals surface area contributed by atoms with E-state index in [1.807, 2.05) is 36.4 Å². The molecule has 17 nitrogen and oxygen atoms in total. The van der Waals surface area contributed by atoms with Crippen molar-refractivity contribution < 1.29 is 39.6 Å². The van der Waals surface area contributed by atoms with Crippen LogP contribution >= 0.6 is 0 Å². The Labute approximate surface area is 319 Å². The minimum Gasteiger partial charge on any atom is -0.494 e. The average Bonchev–Trinajstić information content (AvgIpc) is 3.13. The molecule has 292 valence electrons. The highest BCUT2D eigenvalue weighted by Gasteiger charge is 2.23. The van der Waals surface area contributed by atoms with Crippen molar-refractivity contribution in [3.05, 3.63) is 103 Å². The Morgan fingerprint density at radius 1 is 0.673 bits per heavy atom. The van der Waals surface area contributed by atoms with Crippen LogP contribution in [0.1, 0.15) is 12.0 Å². The molecule has 5 rings (SSSR count). The van der Waals surface area contributed by atoms with Gasteiger partial charge in [-0.1, -0.05) is 48.5 Å². The maximum absolute atomic E-state index is 12.0. The number of carbonyl (C=O) groups is 2. The molecule has 4 amide bonds. The zero-order chi connectivity index (χ0) is 40.2. The SMILES string of the molecule is CS(=O)(=O)c1nc(NNC(=O)Nc2ccccc2)c2ccccc2n1.Cc1cc(S(C)(=O)=O)c(S(C)(=O)=O)cc1NNC(=O)NCCCOc1ccccc1. The summed E-state index contributed by atoms with van der Waals surface area (Å²) in [5.74, 6) is 0.938. The molecule has 5 aromatic rings. The molecular weight excluding hydrogens is 773 g/mol. The van der Waals surface area contributed by atoms with Crippen LogP contribution in [0.15, 0.2) is 112 Å². The van der Waals surface area contributed by atoms with Crippen LogP contribution in [0.3, 0.4) is 0 Å². The van der Waals surface area contributed by atoms with Crippen molar-refractivity contribution in [2.24, 2.45) is 0 Å². The summed E-state index contributed by atoms with van der Waals surface area (Å²) in [5, 5.41) is 5.52. The normalized spacial score (nSPS) is 11.3. The third-order valence-corrected chi connectivity index (χ3v) is 10.5. The highest BCUT2D eigenvalue weighted by molar-refractivity contribution is 7.93. The molecule has 0 atom stereocenters. The molecule has 0 aliphatic carbocycles. The molecule has 0 aliphatic rings. The first-order valence-corrected chi connectivity index (χ1v) is 22.0. The number of urea groups is 2. The summed E-state index contributed by atoms with van der Waals surface area (Å²) in [5.41, 5.74) is 11.9. The van der Waals surface area contributed by atoms with Crippen LogP contribution in [0, 0.1) is 6.92 Å². The molecule has 0 unspecified atom stereocenters. The van der Waals surface area contributed by atoms with Crippen molar-refractivity contribution in [1.82, 2.24) is 26.1 Å². The largest absolute Gasteiger partial charge is 0.494 e. The van der Waals surface area contributed by atoms with E-state index in [0.717, 1.165) is 24.5 Å². The number of nitrogens with zero attached hydrogens (tertiary/aromatic N) is 2. The zero-order valence-electron chi connectivity index (χ0n) is 30.2. The number of nitrogens with one attached hydrogen (secondary N) is 6. The standard InChI is InChI=1S/C19H25N3O6S2.C16H15N5O3S/c1-14-12-17(29(2,24)25)18(30(3,26)27)13-16(14)21-22-19(23)20-10-7-11-28-15-8-5-4-6-9-15;1-25(23,24)16-18-13-10-6-5-9-12(13)14(19-16)20-21-15(22)17-11-7-3-2-4-8-11/h4-6,8-9,12-13,21H,7,10-11H2,1-3H3,(H2,20,22,23);2-10H,1H3,(H2,17,21,22)(H,18,19,20). The van der Waals surface area contributed by atoms with Gasteiger partial charge in [0.1, 0.15) is 5.75 Å². The van der Waals surface area contributed by atoms with E-state index in [9.17, 15) is 34.8 Å². The molecule has 6 N–H and O–H groups in total. The Bertz CT molecular complexity index is 2470. The number of para-hydroxylation sites is 3. The molecular formula is C35H40N8O9S3. The van der Waals surface area contributed by atoms with Crippen LogP contribution < -0.4 is 37.1 Å². The van der Waals surface area contributed by atoms with E-state index in [2.05, 4.69) is 42.3 Å². The molecule has 0 fully saturated rings. The molecule has 0 aliphatic heterocycles. The lowest BCUT2D eigenvalue weighted by molar-refractivity contribution is 0.241. The number of ether oxygens (including phenoxy) is 1. The van der Waals surface area contributed by atoms with E-state index in [1.165, 1.54) is 12.1 Å². The highest BCUT2D eigenvalue weighted by atomic mass is 32.2. The Hall–Kier alpha value is -5.99. The highest BCUT2D eigenvalue weighted by Crippen LogP contribution is 2.28. The smallest absolute Gasteiger partial charge is 0.337 e. The van der Waals surface area contributed by atoms with Gasteiger partial charge < -0.3 is 15.4 Å². The predicted molar refractivity (Wildman–Crippen MR) is 209 cm³/mol. The van der Waals surface area contributed by atoms with Gasteiger partial charge in [0, 0.05) is 36.4 Å². The quantitative estimate of drug-likeness (QED) is 0.0559. The van der Waals surface area contributed by atoms with Gasteiger partial charge in [0.2, 0.25) is 15.0 Å². The fourth-order valence-corrected chi connectivity index (χ4v) is 7.64. The van der Waals surface area contributed by atoms with Gasteiger partial charge >= 0.3 is 12.1 Å². The Morgan fingerprint density at radius 3 is 1.89 bits per heavy atom. The number of benzene rings is 4. The first-order chi connectivity index (χ1) is 25.9. The number of sulfone groups is 3. The lowest BCUT2D eigenvalue weighted by Crippen LogP contribution is -2.39. The van der Waals surface area contributed by atoms with Crippen molar-refractivity contribution in [1.29, 1.82) is 0 Å². The van der Waals surface area contributed by atoms with E-state index < -0.39 is 41.6 Å². The number of amides is 4. The molecule has 20 heteroatoms. The average molecular weight is 813 g/mol. The van der Waals surface area contributed by atoms with Crippen molar-refractivity contribution in [3.63, 3.8) is 0 Å². The van der Waals surface area contributed by atoms with E-state index in [-0.39, 0.29) is 26.5 Å². The van der Waals surface area contributed by atoms with E-state index in [0.29, 0.717) is 41.7 Å². The fraction of sp³-hybridized carbons (Fsp3) is 0.200. The molecule has 0 spiro atoms. The van der Waals surface area contributed by atoms with Gasteiger partial charge in [0.25, 0.3) is 0 Å². The number of fused-ring (bicyclic) bond motifs is 1. The van der Waals surface area contributed by atoms with Crippen molar-refractivity contribution in [2.75, 3.05) is 48.1 Å². The summed E-state index contributed by atoms with van der Waals surface area (Å²) in [7, 11) is -11.1. The number of aryl methyl sites for hydroxylation is 1. The lowest BCUT2D eigenvalue weighted by atomic mass is 10.2. The van der Waals surface area contributed by atoms with E-state index in [4.69, 9.17) is 4.74 Å². The molecule has 1 heterocycles. The van der Waals surface area contributed by atoms with Gasteiger partial charge in [-0.2, -0.15) is 4.98 Å². The summed E-state index contributed by atoms with van der Waals surface area (Å²) >= 11 is 0. The van der Waals surface area contributed by atoms with E-state index >= 15 is 0 Å². The molecule has 0 bridgehead atoms. The second-order valence-corrected chi connectivity index (χ2v) is 17.8. The van der Waals surface area contributed by atoms with E-state index in [1.54, 1.807) is 55.5 Å². The Morgan fingerprint density at radius 2 is 1.25 bits per heavy atom. The van der Waals surface area contributed by atoms with Crippen LogP contribution in [0.4, 0.5) is 26.8 Å². The number of hydrazine groups is 2. The summed E-state index contributed by atoms with van der Waals surface area (Å²) < 4.78 is 76.9. The van der Waals surface area contributed by atoms with Gasteiger partial charge in [-0.3, -0.25) is 21.7 Å². The van der Waals surface area contributed by atoms with Gasteiger partial charge in [-0.05, 0) is 67.4 Å². The summed E-state index contributed by atoms with van der Waals surface area (Å²) in [6.07, 6.45) is 3.48. The van der Waals surface area contributed by atoms with Crippen LogP contribution in [-0.2, 0) is 29.5 Å². The molecule has 0 saturated carbocycles. The summed E-state index contributed by atoms with van der Waals surface area (Å²) in [6.45, 7) is 2.39.